The lowest BCUT2D eigenvalue weighted by molar-refractivity contribution is -0.116. The summed E-state index contributed by atoms with van der Waals surface area (Å²) in [6.45, 7) is 7.72. The molecule has 1 amide bonds. The van der Waals surface area contributed by atoms with Crippen LogP contribution in [0.1, 0.15) is 44.1 Å². The van der Waals surface area contributed by atoms with Gasteiger partial charge in [0, 0.05) is 42.5 Å². The summed E-state index contributed by atoms with van der Waals surface area (Å²) >= 11 is 0. The van der Waals surface area contributed by atoms with Crippen molar-refractivity contribution >= 4 is 28.9 Å². The van der Waals surface area contributed by atoms with Crippen molar-refractivity contribution in [3.63, 3.8) is 0 Å². The number of benzene rings is 1. The van der Waals surface area contributed by atoms with Crippen LogP contribution in [-0.2, 0) is 11.3 Å². The molecule has 1 aromatic carbocycles. The van der Waals surface area contributed by atoms with Crippen LogP contribution in [-0.4, -0.2) is 38.5 Å². The Bertz CT molecular complexity index is 1180. The molecule has 33 heavy (non-hydrogen) atoms. The van der Waals surface area contributed by atoms with Crippen LogP contribution in [0.5, 0.6) is 0 Å². The minimum absolute atomic E-state index is 0.0782. The molecule has 9 heteroatoms. The van der Waals surface area contributed by atoms with Crippen molar-refractivity contribution in [2.75, 3.05) is 28.6 Å². The highest BCUT2D eigenvalue weighted by atomic mass is 16.2. The van der Waals surface area contributed by atoms with Crippen LogP contribution >= 0.6 is 0 Å². The lowest BCUT2D eigenvalue weighted by atomic mass is 10.2. The first-order chi connectivity index (χ1) is 15.9. The molecule has 0 atom stereocenters. The zero-order chi connectivity index (χ0) is 23.4. The monoisotopic (exact) mass is 447 g/mol. The average Bonchev–Trinajstić information content (AvgIpc) is 3.63. The molecule has 1 fully saturated rings. The maximum atomic E-state index is 12.4. The Balaban J connectivity index is 1.37. The maximum Gasteiger partial charge on any atom is 0.254 e. The van der Waals surface area contributed by atoms with Gasteiger partial charge < -0.3 is 15.5 Å². The molecule has 0 unspecified atom stereocenters. The fraction of sp³-hybridized carbons (Fsp3) is 0.375. The van der Waals surface area contributed by atoms with E-state index in [1.165, 1.54) is 17.0 Å². The van der Waals surface area contributed by atoms with Crippen molar-refractivity contribution < 1.29 is 4.79 Å². The third-order valence-corrected chi connectivity index (χ3v) is 5.56. The second-order valence-electron chi connectivity index (χ2n) is 8.14. The number of nitrogens with zero attached hydrogens (tertiary/aromatic N) is 5. The summed E-state index contributed by atoms with van der Waals surface area (Å²) in [4.78, 5) is 40.1. The second-order valence-corrected chi connectivity index (χ2v) is 8.14. The predicted molar refractivity (Wildman–Crippen MR) is 129 cm³/mol. The van der Waals surface area contributed by atoms with Crippen molar-refractivity contribution in [1.29, 1.82) is 0 Å². The van der Waals surface area contributed by atoms with E-state index in [1.807, 2.05) is 25.1 Å². The van der Waals surface area contributed by atoms with E-state index < -0.39 is 0 Å². The third-order valence-electron chi connectivity index (χ3n) is 5.56. The zero-order valence-electron chi connectivity index (χ0n) is 19.2. The molecule has 2 N–H and O–H groups in total. The molecule has 0 spiro atoms. The number of anilines is 4. The fourth-order valence-electron chi connectivity index (χ4n) is 3.63. The molecule has 172 valence electrons. The summed E-state index contributed by atoms with van der Waals surface area (Å²) in [6.07, 6.45) is 3.62. The van der Waals surface area contributed by atoms with Crippen LogP contribution in [0, 0.1) is 6.92 Å². The molecule has 3 aromatic rings. The van der Waals surface area contributed by atoms with E-state index in [1.54, 1.807) is 12.1 Å². The number of hydrogen-bond acceptors (Lipinski definition) is 7. The van der Waals surface area contributed by atoms with E-state index >= 15 is 0 Å². The van der Waals surface area contributed by atoms with E-state index in [9.17, 15) is 9.59 Å². The van der Waals surface area contributed by atoms with Gasteiger partial charge in [-0.1, -0.05) is 0 Å². The van der Waals surface area contributed by atoms with Crippen LogP contribution in [0.15, 0.2) is 47.5 Å². The van der Waals surface area contributed by atoms with Crippen molar-refractivity contribution in [3.8, 4) is 0 Å². The fourth-order valence-corrected chi connectivity index (χ4v) is 3.63. The van der Waals surface area contributed by atoms with E-state index in [-0.39, 0.29) is 18.0 Å². The maximum absolute atomic E-state index is 12.4. The van der Waals surface area contributed by atoms with Gasteiger partial charge in [0.25, 0.3) is 5.56 Å². The number of aryl methyl sites for hydroxylation is 1. The Hall–Kier alpha value is -3.75. The zero-order valence-corrected chi connectivity index (χ0v) is 19.2. The molecular formula is C24H29N7O2. The van der Waals surface area contributed by atoms with Gasteiger partial charge in [-0.2, -0.15) is 0 Å². The molecule has 2 aromatic heterocycles. The second kappa shape index (κ2) is 9.81. The Kier molecular flexibility index (Phi) is 6.67. The van der Waals surface area contributed by atoms with Crippen LogP contribution < -0.4 is 21.1 Å². The third kappa shape index (κ3) is 5.74. The average molecular weight is 448 g/mol. The minimum Gasteiger partial charge on any atom is -0.357 e. The van der Waals surface area contributed by atoms with Crippen molar-refractivity contribution in [2.24, 2.45) is 0 Å². The van der Waals surface area contributed by atoms with Crippen LogP contribution in [0.3, 0.4) is 0 Å². The smallest absolute Gasteiger partial charge is 0.254 e. The van der Waals surface area contributed by atoms with Gasteiger partial charge in [-0.05, 0) is 57.9 Å². The molecule has 2 heterocycles. The number of carbonyl (C=O) groups is 1. The Morgan fingerprint density at radius 3 is 2.42 bits per heavy atom. The van der Waals surface area contributed by atoms with Gasteiger partial charge in [0.15, 0.2) is 0 Å². The van der Waals surface area contributed by atoms with Crippen molar-refractivity contribution in [3.05, 3.63) is 64.6 Å². The summed E-state index contributed by atoms with van der Waals surface area (Å²) in [5.74, 6) is 2.41. The van der Waals surface area contributed by atoms with Gasteiger partial charge in [0.2, 0.25) is 5.91 Å². The van der Waals surface area contributed by atoms with Gasteiger partial charge in [-0.3, -0.25) is 14.2 Å². The lowest BCUT2D eigenvalue weighted by Gasteiger charge is -2.20. The quantitative estimate of drug-likeness (QED) is 0.518. The molecule has 0 aliphatic heterocycles. The van der Waals surface area contributed by atoms with Crippen molar-refractivity contribution in [1.82, 2.24) is 19.5 Å². The first-order valence-corrected chi connectivity index (χ1v) is 11.3. The standard InChI is InChI=1S/C24H29N7O2/c1-4-30(5-2)22-13-21(26-16(3)27-22)28-18-8-10-19(11-9-18)29-23(32)14-31-15-25-20(12-24(31)33)17-6-7-17/h8-13,15,17H,4-7,14H2,1-3H3,(H,29,32)(H,26,27,28). The summed E-state index contributed by atoms with van der Waals surface area (Å²) < 4.78 is 1.32. The Morgan fingerprint density at radius 2 is 1.79 bits per heavy atom. The van der Waals surface area contributed by atoms with Gasteiger partial charge in [-0.25, -0.2) is 15.0 Å². The predicted octanol–water partition coefficient (Wildman–Crippen LogP) is 3.45. The van der Waals surface area contributed by atoms with Crippen LogP contribution in [0.4, 0.5) is 23.0 Å². The molecular weight excluding hydrogens is 418 g/mol. The first kappa shape index (κ1) is 22.4. The van der Waals surface area contributed by atoms with Gasteiger partial charge >= 0.3 is 0 Å². The normalized spacial score (nSPS) is 12.9. The summed E-state index contributed by atoms with van der Waals surface area (Å²) in [7, 11) is 0. The molecule has 0 saturated heterocycles. The Morgan fingerprint density at radius 1 is 1.09 bits per heavy atom. The molecule has 4 rings (SSSR count). The summed E-state index contributed by atoms with van der Waals surface area (Å²) in [6, 6.07) is 10.8. The van der Waals surface area contributed by atoms with Gasteiger partial charge in [0.1, 0.15) is 24.0 Å². The van der Waals surface area contributed by atoms with E-state index in [2.05, 4.69) is 44.3 Å². The number of hydrogen-bond donors (Lipinski definition) is 2. The van der Waals surface area contributed by atoms with Crippen molar-refractivity contribution in [2.45, 2.75) is 46.1 Å². The highest BCUT2D eigenvalue weighted by Crippen LogP contribution is 2.38. The van der Waals surface area contributed by atoms with E-state index in [0.29, 0.717) is 23.2 Å². The van der Waals surface area contributed by atoms with Crippen LogP contribution in [0.25, 0.3) is 0 Å². The molecule has 1 aliphatic rings. The number of nitrogens with one attached hydrogen (secondary N) is 2. The number of carbonyl (C=O) groups excluding carboxylic acids is 1. The number of rotatable bonds is 9. The molecule has 0 radical (unpaired) electrons. The summed E-state index contributed by atoms with van der Waals surface area (Å²) in [5.41, 5.74) is 2.10. The molecule has 9 nitrogen and oxygen atoms in total. The molecule has 0 bridgehead atoms. The lowest BCUT2D eigenvalue weighted by Crippen LogP contribution is -2.27. The van der Waals surface area contributed by atoms with E-state index in [0.717, 1.165) is 43.1 Å². The molecule has 1 saturated carbocycles. The van der Waals surface area contributed by atoms with E-state index in [4.69, 9.17) is 0 Å². The number of aromatic nitrogens is 4. The topological polar surface area (TPSA) is 105 Å². The first-order valence-electron chi connectivity index (χ1n) is 11.3. The summed E-state index contributed by atoms with van der Waals surface area (Å²) in [5, 5.41) is 6.11. The largest absolute Gasteiger partial charge is 0.357 e. The highest BCUT2D eigenvalue weighted by molar-refractivity contribution is 5.90. The Labute approximate surface area is 192 Å². The SMILES string of the molecule is CCN(CC)c1cc(Nc2ccc(NC(=O)Cn3cnc(C4CC4)cc3=O)cc2)nc(C)n1. The van der Waals surface area contributed by atoms with Gasteiger partial charge in [0.05, 0.1) is 12.0 Å². The van der Waals surface area contributed by atoms with Gasteiger partial charge in [-0.15, -0.1) is 0 Å². The molecule has 1 aliphatic carbocycles. The minimum atomic E-state index is -0.283. The highest BCUT2D eigenvalue weighted by Gasteiger charge is 2.25. The number of amides is 1. The van der Waals surface area contributed by atoms with Crippen LogP contribution in [0.2, 0.25) is 0 Å².